The van der Waals surface area contributed by atoms with Crippen molar-refractivity contribution in [2.75, 3.05) is 29.2 Å². The molecule has 0 spiro atoms. The van der Waals surface area contributed by atoms with E-state index in [1.807, 2.05) is 6.92 Å². The maximum atomic E-state index is 12.1. The average molecular weight is 423 g/mol. The molecule has 0 saturated heterocycles. The Bertz CT molecular complexity index is 922. The molecule has 9 nitrogen and oxygen atoms in total. The molecule has 0 saturated carbocycles. The molecule has 1 aromatic carbocycles. The number of unbranched alkanes of at least 4 members (excludes halogenated alkanes) is 2. The predicted molar refractivity (Wildman–Crippen MR) is 111 cm³/mol. The van der Waals surface area contributed by atoms with Gasteiger partial charge in [-0.25, -0.2) is 8.42 Å². The van der Waals surface area contributed by atoms with Crippen LogP contribution in [0.4, 0.5) is 11.4 Å². The van der Waals surface area contributed by atoms with Crippen molar-refractivity contribution >= 4 is 33.0 Å². The minimum atomic E-state index is -3.44. The van der Waals surface area contributed by atoms with Crippen LogP contribution in [0.25, 0.3) is 0 Å². The number of nitrogens with one attached hydrogen (secondary N) is 2. The van der Waals surface area contributed by atoms with Crippen LogP contribution in [0.3, 0.4) is 0 Å². The van der Waals surface area contributed by atoms with E-state index in [1.54, 1.807) is 31.4 Å². The molecule has 2 aromatic rings. The van der Waals surface area contributed by atoms with Crippen LogP contribution in [0.1, 0.15) is 26.2 Å². The maximum absolute atomic E-state index is 12.1. The minimum absolute atomic E-state index is 0.000939. The van der Waals surface area contributed by atoms with Gasteiger partial charge in [-0.15, -0.1) is 0 Å². The van der Waals surface area contributed by atoms with Gasteiger partial charge >= 0.3 is 0 Å². The molecule has 2 amide bonds. The lowest BCUT2D eigenvalue weighted by Crippen LogP contribution is -2.24. The van der Waals surface area contributed by atoms with Crippen LogP contribution in [-0.2, 0) is 26.0 Å². The first-order chi connectivity index (χ1) is 13.8. The van der Waals surface area contributed by atoms with Crippen LogP contribution in [0.2, 0.25) is 0 Å². The summed E-state index contributed by atoms with van der Waals surface area (Å²) >= 11 is 0. The lowest BCUT2D eigenvalue weighted by Gasteiger charge is -2.06. The van der Waals surface area contributed by atoms with Crippen molar-refractivity contribution in [1.29, 1.82) is 0 Å². The molecule has 0 aliphatic rings. The number of benzene rings is 1. The molecule has 0 radical (unpaired) electrons. The van der Waals surface area contributed by atoms with Crippen molar-refractivity contribution in [2.45, 2.75) is 32.7 Å². The molecule has 0 aliphatic carbocycles. The Morgan fingerprint density at radius 2 is 1.76 bits per heavy atom. The third kappa shape index (κ3) is 7.94. The molecule has 2 rings (SSSR count). The molecule has 10 heteroatoms. The molecule has 0 atom stereocenters. The van der Waals surface area contributed by atoms with Crippen LogP contribution in [0.15, 0.2) is 36.7 Å². The first kappa shape index (κ1) is 22.4. The SMILES string of the molecule is CCCCCS(=O)(=O)CC(=O)Nc1cnn(CC(=O)Nc2ccc(OC)cc2)c1. The summed E-state index contributed by atoms with van der Waals surface area (Å²) in [7, 11) is -1.88. The normalized spacial score (nSPS) is 11.1. The Hall–Kier alpha value is -2.88. The van der Waals surface area contributed by atoms with Gasteiger partial charge in [0.2, 0.25) is 11.8 Å². The molecule has 0 unspecified atom stereocenters. The van der Waals surface area contributed by atoms with Gasteiger partial charge in [0.25, 0.3) is 0 Å². The van der Waals surface area contributed by atoms with Crippen molar-refractivity contribution in [3.8, 4) is 5.75 Å². The number of methoxy groups -OCH3 is 1. The smallest absolute Gasteiger partial charge is 0.246 e. The van der Waals surface area contributed by atoms with Crippen molar-refractivity contribution in [2.24, 2.45) is 0 Å². The second kappa shape index (κ2) is 10.6. The number of anilines is 2. The van der Waals surface area contributed by atoms with Crippen LogP contribution >= 0.6 is 0 Å². The zero-order valence-electron chi connectivity index (χ0n) is 16.6. The van der Waals surface area contributed by atoms with Gasteiger partial charge in [-0.05, 0) is 30.7 Å². The van der Waals surface area contributed by atoms with Gasteiger partial charge < -0.3 is 15.4 Å². The van der Waals surface area contributed by atoms with Gasteiger partial charge in [0, 0.05) is 11.9 Å². The van der Waals surface area contributed by atoms with Crippen LogP contribution < -0.4 is 15.4 Å². The third-order valence-electron chi connectivity index (χ3n) is 4.01. The monoisotopic (exact) mass is 422 g/mol. The zero-order chi connectivity index (χ0) is 21.3. The van der Waals surface area contributed by atoms with E-state index in [2.05, 4.69) is 15.7 Å². The first-order valence-electron chi connectivity index (χ1n) is 9.28. The van der Waals surface area contributed by atoms with E-state index >= 15 is 0 Å². The number of hydrogen-bond donors (Lipinski definition) is 2. The fourth-order valence-electron chi connectivity index (χ4n) is 2.58. The van der Waals surface area contributed by atoms with E-state index in [0.29, 0.717) is 23.5 Å². The Balaban J connectivity index is 1.83. The van der Waals surface area contributed by atoms with E-state index in [4.69, 9.17) is 4.74 Å². The fourth-order valence-corrected chi connectivity index (χ4v) is 3.84. The van der Waals surface area contributed by atoms with Gasteiger partial charge in [-0.3, -0.25) is 14.3 Å². The van der Waals surface area contributed by atoms with Gasteiger partial charge in [-0.2, -0.15) is 5.10 Å². The second-order valence-electron chi connectivity index (χ2n) is 6.55. The van der Waals surface area contributed by atoms with Gasteiger partial charge in [0.15, 0.2) is 9.84 Å². The molecule has 1 aromatic heterocycles. The number of amides is 2. The van der Waals surface area contributed by atoms with Gasteiger partial charge in [0.05, 0.1) is 24.7 Å². The minimum Gasteiger partial charge on any atom is -0.497 e. The van der Waals surface area contributed by atoms with Crippen molar-refractivity contribution in [3.05, 3.63) is 36.7 Å². The zero-order valence-corrected chi connectivity index (χ0v) is 17.4. The molecule has 2 N–H and O–H groups in total. The highest BCUT2D eigenvalue weighted by Gasteiger charge is 2.17. The highest BCUT2D eigenvalue weighted by atomic mass is 32.2. The molecule has 158 valence electrons. The number of nitrogens with zero attached hydrogens (tertiary/aromatic N) is 2. The standard InChI is InChI=1S/C19H26N4O5S/c1-3-4-5-10-29(26,27)14-19(25)22-16-11-20-23(12-16)13-18(24)21-15-6-8-17(28-2)9-7-15/h6-9,11-12H,3-5,10,13-14H2,1-2H3,(H,21,24)(H,22,25). The van der Waals surface area contributed by atoms with Crippen LogP contribution in [0.5, 0.6) is 5.75 Å². The van der Waals surface area contributed by atoms with E-state index in [1.165, 1.54) is 17.1 Å². The highest BCUT2D eigenvalue weighted by molar-refractivity contribution is 7.92. The van der Waals surface area contributed by atoms with Crippen molar-refractivity contribution in [1.82, 2.24) is 9.78 Å². The van der Waals surface area contributed by atoms with Gasteiger partial charge in [-0.1, -0.05) is 19.8 Å². The quantitative estimate of drug-likeness (QED) is 0.535. The summed E-state index contributed by atoms with van der Waals surface area (Å²) < 4.78 is 30.3. The van der Waals surface area contributed by atoms with E-state index in [-0.39, 0.29) is 18.2 Å². The summed E-state index contributed by atoms with van der Waals surface area (Å²) in [5, 5.41) is 9.23. The Morgan fingerprint density at radius 3 is 2.41 bits per heavy atom. The van der Waals surface area contributed by atoms with E-state index in [9.17, 15) is 18.0 Å². The summed E-state index contributed by atoms with van der Waals surface area (Å²) in [6, 6.07) is 6.89. The van der Waals surface area contributed by atoms with Gasteiger partial charge in [0.1, 0.15) is 18.0 Å². The van der Waals surface area contributed by atoms with E-state index < -0.39 is 21.5 Å². The highest BCUT2D eigenvalue weighted by Crippen LogP contribution is 2.15. The third-order valence-corrected chi connectivity index (χ3v) is 5.62. The summed E-state index contributed by atoms with van der Waals surface area (Å²) in [4.78, 5) is 24.1. The fraction of sp³-hybridized carbons (Fsp3) is 0.421. The first-order valence-corrected chi connectivity index (χ1v) is 11.1. The van der Waals surface area contributed by atoms with E-state index in [0.717, 1.165) is 12.8 Å². The molecule has 0 aliphatic heterocycles. The Labute approximate surface area is 170 Å². The second-order valence-corrected chi connectivity index (χ2v) is 8.73. The summed E-state index contributed by atoms with van der Waals surface area (Å²) in [6.45, 7) is 1.92. The van der Waals surface area contributed by atoms with Crippen LogP contribution in [0, 0.1) is 0 Å². The number of rotatable bonds is 11. The molecule has 1 heterocycles. The molecule has 0 fully saturated rings. The number of carbonyl (C=O) groups is 2. The lowest BCUT2D eigenvalue weighted by molar-refractivity contribution is -0.117. The number of ether oxygens (including phenoxy) is 1. The number of sulfone groups is 1. The predicted octanol–water partition coefficient (Wildman–Crippen LogP) is 2.07. The lowest BCUT2D eigenvalue weighted by atomic mass is 10.3. The summed E-state index contributed by atoms with van der Waals surface area (Å²) in [5.74, 6) is -0.806. The molecular formula is C19H26N4O5S. The summed E-state index contributed by atoms with van der Waals surface area (Å²) in [5.41, 5.74) is 0.945. The number of carbonyl (C=O) groups excluding carboxylic acids is 2. The average Bonchev–Trinajstić information content (AvgIpc) is 3.08. The van der Waals surface area contributed by atoms with Crippen molar-refractivity contribution < 1.29 is 22.7 Å². The maximum Gasteiger partial charge on any atom is 0.246 e. The topological polar surface area (TPSA) is 119 Å². The number of aromatic nitrogens is 2. The Kier molecular flexibility index (Phi) is 8.20. The largest absolute Gasteiger partial charge is 0.497 e. The molecule has 0 bridgehead atoms. The number of hydrogen-bond acceptors (Lipinski definition) is 6. The molecular weight excluding hydrogens is 396 g/mol. The molecule has 29 heavy (non-hydrogen) atoms. The Morgan fingerprint density at radius 1 is 1.07 bits per heavy atom. The summed E-state index contributed by atoms with van der Waals surface area (Å²) in [6.07, 6.45) is 5.10. The van der Waals surface area contributed by atoms with Crippen LogP contribution in [-0.4, -0.2) is 48.6 Å². The van der Waals surface area contributed by atoms with Crippen molar-refractivity contribution in [3.63, 3.8) is 0 Å².